The molecule has 6 aromatic carbocycles. The molecule has 17 heteroatoms. The van der Waals surface area contributed by atoms with Crippen LogP contribution in [0.2, 0.25) is 0 Å². The number of aliphatic carboxylic acids is 1. The van der Waals surface area contributed by atoms with Crippen LogP contribution >= 0.6 is 11.3 Å². The Labute approximate surface area is 545 Å². The zero-order valence-corrected chi connectivity index (χ0v) is 53.1. The van der Waals surface area contributed by atoms with Gasteiger partial charge in [-0.15, -0.1) is 11.3 Å². The lowest BCUT2D eigenvalue weighted by molar-refractivity contribution is -0.136. The Morgan fingerprint density at radius 2 is 0.828 bits per heavy atom. The van der Waals surface area contributed by atoms with Gasteiger partial charge < -0.3 is 19.7 Å². The smallest absolute Gasteiger partial charge is 0.307 e. The van der Waals surface area contributed by atoms with Crippen molar-refractivity contribution < 1.29 is 53.4 Å². The van der Waals surface area contributed by atoms with E-state index >= 15 is 0 Å². The average Bonchev–Trinajstić information content (AvgIpc) is 1.72. The number of carbonyl (C=O) groups excluding carboxylic acids is 8. The van der Waals surface area contributed by atoms with E-state index in [1.807, 2.05) is 41.3 Å². The Balaban J connectivity index is 0.739. The van der Waals surface area contributed by atoms with Gasteiger partial charge in [-0.1, -0.05) is 150 Å². The van der Waals surface area contributed by atoms with Gasteiger partial charge >= 0.3 is 5.97 Å². The van der Waals surface area contributed by atoms with Gasteiger partial charge in [-0.3, -0.25) is 57.9 Å². The van der Waals surface area contributed by atoms with Crippen LogP contribution in [0.1, 0.15) is 209 Å². The van der Waals surface area contributed by atoms with Crippen molar-refractivity contribution in [2.24, 2.45) is 0 Å². The molecule has 7 amide bonds. The fourth-order valence-corrected chi connectivity index (χ4v) is 14.3. The minimum absolute atomic E-state index is 0.0194. The summed E-state index contributed by atoms with van der Waals surface area (Å²) in [5.74, 6) is -2.83. The third-order valence-corrected chi connectivity index (χ3v) is 19.4. The summed E-state index contributed by atoms with van der Waals surface area (Å²) < 4.78 is 2.14. The molecule has 5 heterocycles. The van der Waals surface area contributed by atoms with Crippen LogP contribution in [0.4, 0.5) is 0 Å². The molecule has 0 aliphatic carbocycles. The molecule has 93 heavy (non-hydrogen) atoms. The number of aromatic hydroxyl groups is 1. The number of unbranched alkanes of at least 4 members (excludes halogenated alkanes) is 15. The van der Waals surface area contributed by atoms with Crippen LogP contribution in [0.25, 0.3) is 32.6 Å². The number of hydrogen-bond donors (Lipinski definition) is 2. The van der Waals surface area contributed by atoms with E-state index in [9.17, 15) is 53.4 Å². The van der Waals surface area contributed by atoms with Crippen molar-refractivity contribution in [2.75, 3.05) is 32.7 Å². The van der Waals surface area contributed by atoms with Crippen LogP contribution in [-0.4, -0.2) is 120 Å². The number of fused-ring (bicyclic) bond motifs is 4. The third kappa shape index (κ3) is 14.8. The van der Waals surface area contributed by atoms with Crippen LogP contribution in [0.3, 0.4) is 0 Å². The summed E-state index contributed by atoms with van der Waals surface area (Å²) in [4.78, 5) is 126. The van der Waals surface area contributed by atoms with Crippen molar-refractivity contribution in [3.8, 4) is 27.4 Å². The Morgan fingerprint density at radius 1 is 0.409 bits per heavy atom. The van der Waals surface area contributed by atoms with Crippen LogP contribution < -0.4 is 0 Å². The van der Waals surface area contributed by atoms with E-state index in [1.54, 1.807) is 103 Å². The first-order valence-electron chi connectivity index (χ1n) is 32.8. The molecule has 478 valence electrons. The molecule has 2 N–H and O–H groups in total. The minimum atomic E-state index is -1.05. The number of carboxylic acids is 1. The highest BCUT2D eigenvalue weighted by Gasteiger charge is 2.37. The molecule has 0 fully saturated rings. The van der Waals surface area contributed by atoms with Gasteiger partial charge in [-0.05, 0) is 134 Å². The number of hydrogen-bond acceptors (Lipinski definition) is 11. The van der Waals surface area contributed by atoms with Crippen LogP contribution in [0.5, 0.6) is 5.75 Å². The highest BCUT2D eigenvalue weighted by atomic mass is 32.1. The van der Waals surface area contributed by atoms with Crippen molar-refractivity contribution in [2.45, 2.75) is 129 Å². The zero-order valence-electron chi connectivity index (χ0n) is 52.3. The number of carbonyl (C=O) groups is 9. The third-order valence-electron chi connectivity index (χ3n) is 18.1. The van der Waals surface area contributed by atoms with E-state index in [0.29, 0.717) is 111 Å². The second-order valence-electron chi connectivity index (χ2n) is 24.5. The van der Waals surface area contributed by atoms with Gasteiger partial charge in [-0.25, -0.2) is 0 Å². The summed E-state index contributed by atoms with van der Waals surface area (Å²) in [6.07, 6.45) is 16.1. The van der Waals surface area contributed by atoms with Crippen molar-refractivity contribution in [3.63, 3.8) is 0 Å². The number of aromatic nitrogens is 1. The number of aryl methyl sites for hydroxylation is 1. The first kappa shape index (κ1) is 64.9. The summed E-state index contributed by atoms with van der Waals surface area (Å²) in [5, 5.41) is 21.0. The SMILES string of the molecule is O=C(O)Cc1cc(C(=O)c2ccc3cc(-c4ccc(C(=O)N(CCCCCCCCCCN5C(=O)c6ccccc6C5=O)CCCCCCCCCCN5C(=O)c6ccccc6C5=O)cc4)n(CCCCN4C(=O)c5ccccc5C4=O)c3c2)sc1-c1cccc(O)c1. The van der Waals surface area contributed by atoms with E-state index in [4.69, 9.17) is 0 Å². The number of phenols is 1. The number of carboxylic acid groups (broad SMARTS) is 1. The van der Waals surface area contributed by atoms with Gasteiger partial charge in [0.05, 0.1) is 44.7 Å². The fourth-order valence-electron chi connectivity index (χ4n) is 13.2. The molecule has 0 radical (unpaired) electrons. The second-order valence-corrected chi connectivity index (χ2v) is 25.6. The monoisotopic (exact) mass is 1270 g/mol. The predicted molar refractivity (Wildman–Crippen MR) is 358 cm³/mol. The Morgan fingerprint density at radius 3 is 1.28 bits per heavy atom. The summed E-state index contributed by atoms with van der Waals surface area (Å²) in [6, 6.07) is 44.2. The standard InChI is InChI=1S/C76H77N5O11S/c82-57-27-25-26-55(46-57)69-56(50-67(83)84)49-66(93-69)68(85)54-39-38-53-47-64(78(65(53)48-54)42-23-24-45-81-75(91)62-32-17-18-33-63(62)76(81)92)51-34-36-52(37-35-51)70(86)77(40-19-9-5-1-3-7-11-21-43-79-71(87)58-28-13-14-29-59(58)72(79)88)41-20-10-6-2-4-8-12-22-44-80-73(89)60-30-15-16-31-61(60)74(80)90/h13-18,25-39,46-49,82H,1-12,19-24,40-45,50H2,(H,83,84). The minimum Gasteiger partial charge on any atom is -0.508 e. The maximum absolute atomic E-state index is 14.6. The number of amides is 7. The first-order chi connectivity index (χ1) is 45.2. The number of thiophene rings is 1. The Kier molecular flexibility index (Phi) is 21.1. The summed E-state index contributed by atoms with van der Waals surface area (Å²) in [7, 11) is 0. The van der Waals surface area contributed by atoms with E-state index < -0.39 is 5.97 Å². The summed E-state index contributed by atoms with van der Waals surface area (Å²) in [5.41, 5.74) is 7.22. The number of nitrogens with zero attached hydrogens (tertiary/aromatic N) is 5. The van der Waals surface area contributed by atoms with E-state index in [0.717, 1.165) is 125 Å². The molecular weight excluding hydrogens is 1190 g/mol. The second kappa shape index (κ2) is 30.2. The number of imide groups is 3. The van der Waals surface area contributed by atoms with E-state index in [-0.39, 0.29) is 65.8 Å². The van der Waals surface area contributed by atoms with Crippen molar-refractivity contribution in [3.05, 3.63) is 207 Å². The lowest BCUT2D eigenvalue weighted by atomic mass is 10.0. The van der Waals surface area contributed by atoms with Gasteiger partial charge in [0.15, 0.2) is 0 Å². The lowest BCUT2D eigenvalue weighted by Gasteiger charge is -2.23. The van der Waals surface area contributed by atoms with Gasteiger partial charge in [0.2, 0.25) is 5.78 Å². The molecule has 11 rings (SSSR count). The summed E-state index contributed by atoms with van der Waals surface area (Å²) in [6.45, 7) is 2.78. The van der Waals surface area contributed by atoms with Gasteiger partial charge in [0.25, 0.3) is 41.4 Å². The zero-order chi connectivity index (χ0) is 65.0. The molecule has 16 nitrogen and oxygen atoms in total. The highest BCUT2D eigenvalue weighted by Crippen LogP contribution is 2.38. The van der Waals surface area contributed by atoms with Crippen LogP contribution in [0, 0.1) is 0 Å². The summed E-state index contributed by atoms with van der Waals surface area (Å²) >= 11 is 1.18. The maximum Gasteiger partial charge on any atom is 0.307 e. The normalized spacial score (nSPS) is 13.4. The fraction of sp³-hybridized carbons (Fsp3) is 0.329. The molecule has 3 aliphatic heterocycles. The molecule has 0 saturated heterocycles. The number of benzene rings is 6. The average molecular weight is 1270 g/mol. The van der Waals surface area contributed by atoms with Crippen molar-refractivity contribution in [1.29, 1.82) is 0 Å². The number of phenolic OH excluding ortho intramolecular Hbond substituents is 1. The molecule has 2 aromatic heterocycles. The topological polar surface area (TPSA) is 212 Å². The number of rotatable bonds is 34. The van der Waals surface area contributed by atoms with Gasteiger partial charge in [-0.2, -0.15) is 0 Å². The molecule has 0 bridgehead atoms. The maximum atomic E-state index is 14.6. The molecule has 8 aromatic rings. The van der Waals surface area contributed by atoms with Crippen LogP contribution in [0.15, 0.2) is 152 Å². The van der Waals surface area contributed by atoms with Crippen LogP contribution in [-0.2, 0) is 17.8 Å². The lowest BCUT2D eigenvalue weighted by Crippen LogP contribution is -2.33. The van der Waals surface area contributed by atoms with Crippen molar-refractivity contribution >= 4 is 75.3 Å². The molecule has 0 unspecified atom stereocenters. The predicted octanol–water partition coefficient (Wildman–Crippen LogP) is 15.0. The molecule has 3 aliphatic rings. The van der Waals surface area contributed by atoms with E-state index in [1.165, 1.54) is 32.1 Å². The quantitative estimate of drug-likeness (QED) is 0.0220. The molecule has 0 atom stereocenters. The molecule has 0 spiro atoms. The van der Waals surface area contributed by atoms with Crippen molar-refractivity contribution in [1.82, 2.24) is 24.2 Å². The highest BCUT2D eigenvalue weighted by molar-refractivity contribution is 7.17. The molecule has 0 saturated carbocycles. The first-order valence-corrected chi connectivity index (χ1v) is 33.6. The Bertz CT molecular complexity index is 3940. The van der Waals surface area contributed by atoms with Gasteiger partial charge in [0.1, 0.15) is 5.75 Å². The van der Waals surface area contributed by atoms with Gasteiger partial charge in [0, 0.05) is 71.9 Å². The largest absolute Gasteiger partial charge is 0.508 e. The number of ketones is 1. The molecular formula is C76H77N5O11S. The van der Waals surface area contributed by atoms with E-state index in [2.05, 4.69) is 10.6 Å². The Hall–Kier alpha value is -9.61.